The van der Waals surface area contributed by atoms with Crippen LogP contribution in [0.4, 0.5) is 0 Å². The zero-order valence-corrected chi connectivity index (χ0v) is 15.5. The molecule has 0 aliphatic heterocycles. The van der Waals surface area contributed by atoms with Crippen LogP contribution in [0.15, 0.2) is 0 Å². The minimum absolute atomic E-state index is 0.0461. The van der Waals surface area contributed by atoms with Crippen molar-refractivity contribution in [3.8, 4) is 0 Å². The van der Waals surface area contributed by atoms with Crippen molar-refractivity contribution in [3.63, 3.8) is 0 Å². The smallest absolute Gasteiger partial charge is 0.324 e. The Labute approximate surface area is 141 Å². The maximum Gasteiger partial charge on any atom is 0.325 e. The van der Waals surface area contributed by atoms with Gasteiger partial charge in [-0.1, -0.05) is 103 Å². The monoisotopic (exact) mass is 336 g/mol. The molecule has 0 spiro atoms. The topological polar surface area (TPSA) is 57.5 Å². The highest BCUT2D eigenvalue weighted by Crippen LogP contribution is 2.35. The third-order valence-electron chi connectivity index (χ3n) is 4.10. The van der Waals surface area contributed by atoms with Gasteiger partial charge in [0.2, 0.25) is 0 Å². The zero-order valence-electron chi connectivity index (χ0n) is 16.6. The van der Waals surface area contributed by atoms with E-state index in [0.717, 1.165) is 19.3 Å². The van der Waals surface area contributed by atoms with Gasteiger partial charge in [0.15, 0.2) is 0 Å². The second-order valence-electron chi connectivity index (χ2n) is 6.40. The summed E-state index contributed by atoms with van der Waals surface area (Å²) in [6, 6.07) is 0. The van der Waals surface area contributed by atoms with E-state index in [0.29, 0.717) is 6.42 Å². The normalized spacial score (nSPS) is 14.0. The molecule has 0 heterocycles. The molecule has 0 aromatic carbocycles. The average molecular weight is 336 g/mol. The van der Waals surface area contributed by atoms with Gasteiger partial charge in [0.05, 0.1) is 0 Å². The van der Waals surface area contributed by atoms with Gasteiger partial charge in [-0.25, -0.2) is 0 Å². The van der Waals surface area contributed by atoms with Crippen molar-refractivity contribution in [2.45, 2.75) is 110 Å². The van der Waals surface area contributed by atoms with Crippen LogP contribution in [0, 0.1) is 0 Å². The van der Waals surface area contributed by atoms with E-state index < -0.39 is 13.7 Å². The molecule has 134 valence electrons. The van der Waals surface area contributed by atoms with Crippen molar-refractivity contribution in [1.29, 1.82) is 0 Å². The Morgan fingerprint density at radius 1 is 0.636 bits per heavy atom. The van der Waals surface area contributed by atoms with E-state index in [2.05, 4.69) is 6.92 Å². The van der Waals surface area contributed by atoms with Crippen LogP contribution >= 0.6 is 7.60 Å². The van der Waals surface area contributed by atoms with E-state index in [1.165, 1.54) is 70.6 Å². The van der Waals surface area contributed by atoms with Crippen molar-refractivity contribution >= 4 is 7.60 Å². The molecular formula is C18H39O3P. The third kappa shape index (κ3) is 20.1. The molecule has 0 fully saturated rings. The van der Waals surface area contributed by atoms with E-state index in [9.17, 15) is 4.57 Å². The van der Waals surface area contributed by atoms with Crippen LogP contribution in [0.2, 0.25) is 0 Å². The molecular weight excluding hydrogens is 295 g/mol. The number of hydrogen-bond donors (Lipinski definition) is 2. The largest absolute Gasteiger partial charge is 0.325 e. The summed E-state index contributed by atoms with van der Waals surface area (Å²) in [6.45, 7) is 2.25. The highest BCUT2D eigenvalue weighted by molar-refractivity contribution is 7.51. The van der Waals surface area contributed by atoms with Crippen LogP contribution in [0.3, 0.4) is 0 Å². The fourth-order valence-electron chi connectivity index (χ4n) is 2.72. The Kier molecular flexibility index (Phi) is 13.5. The van der Waals surface area contributed by atoms with Gasteiger partial charge in [0, 0.05) is 8.86 Å². The van der Waals surface area contributed by atoms with Crippen LogP contribution in [-0.2, 0) is 4.57 Å². The molecule has 0 aliphatic carbocycles. The molecule has 0 saturated heterocycles. The van der Waals surface area contributed by atoms with Crippen LogP contribution < -0.4 is 0 Å². The van der Waals surface area contributed by atoms with Crippen molar-refractivity contribution in [1.82, 2.24) is 0 Å². The SMILES string of the molecule is [2H]C([2H])(CCCCCCCCCCCCCCCCC)P(=O)(O)O. The summed E-state index contributed by atoms with van der Waals surface area (Å²) in [5.74, 6) is 0. The molecule has 4 heteroatoms. The van der Waals surface area contributed by atoms with Gasteiger partial charge in [0.25, 0.3) is 0 Å². The van der Waals surface area contributed by atoms with Gasteiger partial charge in [-0.2, -0.15) is 0 Å². The van der Waals surface area contributed by atoms with Crippen molar-refractivity contribution in [3.05, 3.63) is 0 Å². The van der Waals surface area contributed by atoms with Gasteiger partial charge in [-0.05, 0) is 6.42 Å². The molecule has 22 heavy (non-hydrogen) atoms. The fraction of sp³-hybridized carbons (Fsp3) is 1.00. The van der Waals surface area contributed by atoms with E-state index in [-0.39, 0.29) is 6.42 Å². The molecule has 2 N–H and O–H groups in total. The van der Waals surface area contributed by atoms with Crippen LogP contribution in [0.1, 0.15) is 112 Å². The summed E-state index contributed by atoms with van der Waals surface area (Å²) >= 11 is 0. The van der Waals surface area contributed by atoms with Gasteiger partial charge in [0.1, 0.15) is 0 Å². The molecule has 0 bridgehead atoms. The third-order valence-corrected chi connectivity index (χ3v) is 4.73. The standard InChI is InChI=1S/C18H39O3P/c1-2-3-4-5-6-7-8-9-10-11-12-13-14-15-16-17-18-22(19,20)21/h2-18H2,1H3,(H2,19,20,21)/i18D2. The fourth-order valence-corrected chi connectivity index (χ4v) is 3.17. The van der Waals surface area contributed by atoms with E-state index >= 15 is 0 Å². The van der Waals surface area contributed by atoms with Crippen molar-refractivity contribution < 1.29 is 17.1 Å². The predicted molar refractivity (Wildman–Crippen MR) is 96.5 cm³/mol. The molecule has 0 aromatic heterocycles. The lowest BCUT2D eigenvalue weighted by Gasteiger charge is -2.04. The van der Waals surface area contributed by atoms with Crippen molar-refractivity contribution in [2.75, 3.05) is 6.11 Å². The molecule has 0 atom stereocenters. The first kappa shape index (κ1) is 18.5. The molecule has 0 aromatic rings. The minimum Gasteiger partial charge on any atom is -0.324 e. The first-order chi connectivity index (χ1) is 11.3. The molecule has 0 saturated carbocycles. The highest BCUT2D eigenvalue weighted by Gasteiger charge is 2.10. The number of hydrogen-bond acceptors (Lipinski definition) is 1. The lowest BCUT2D eigenvalue weighted by Crippen LogP contribution is -1.88. The van der Waals surface area contributed by atoms with Gasteiger partial charge >= 0.3 is 7.60 Å². The Morgan fingerprint density at radius 2 is 0.909 bits per heavy atom. The average Bonchev–Trinajstić information content (AvgIpc) is 2.50. The van der Waals surface area contributed by atoms with Crippen LogP contribution in [0.5, 0.6) is 0 Å². The number of rotatable bonds is 17. The molecule has 0 radical (unpaired) electrons. The summed E-state index contributed by atoms with van der Waals surface area (Å²) in [4.78, 5) is 17.8. The maximum atomic E-state index is 11.0. The van der Waals surface area contributed by atoms with E-state index in [1.807, 2.05) is 0 Å². The minimum atomic E-state index is -4.62. The highest BCUT2D eigenvalue weighted by atomic mass is 31.2. The zero-order chi connectivity index (χ0) is 18.3. The Hall–Kier alpha value is 0.150. The van der Waals surface area contributed by atoms with Crippen LogP contribution in [-0.4, -0.2) is 15.9 Å². The van der Waals surface area contributed by atoms with Crippen molar-refractivity contribution in [2.24, 2.45) is 0 Å². The summed E-state index contributed by atoms with van der Waals surface area (Å²) in [5, 5.41) is 0. The van der Waals surface area contributed by atoms with E-state index in [1.54, 1.807) is 0 Å². The molecule has 0 amide bonds. The van der Waals surface area contributed by atoms with Gasteiger partial charge in [-0.3, -0.25) is 4.57 Å². The summed E-state index contributed by atoms with van der Waals surface area (Å²) in [7, 11) is -4.62. The van der Waals surface area contributed by atoms with Gasteiger partial charge in [-0.15, -0.1) is 0 Å². The van der Waals surface area contributed by atoms with Crippen LogP contribution in [0.25, 0.3) is 0 Å². The van der Waals surface area contributed by atoms with E-state index in [4.69, 9.17) is 12.5 Å². The predicted octanol–water partition coefficient (Wildman–Crippen LogP) is 6.43. The van der Waals surface area contributed by atoms with Gasteiger partial charge < -0.3 is 9.79 Å². The second kappa shape index (κ2) is 16.0. The second-order valence-corrected chi connectivity index (χ2v) is 7.81. The Bertz CT molecular complexity index is 332. The Balaban J connectivity index is 3.25. The molecule has 3 nitrogen and oxygen atoms in total. The molecule has 0 unspecified atom stereocenters. The quantitative estimate of drug-likeness (QED) is 0.238. The summed E-state index contributed by atoms with van der Waals surface area (Å²) in [5.41, 5.74) is 0. The summed E-state index contributed by atoms with van der Waals surface area (Å²) in [6.07, 6.45) is 16.0. The molecule has 0 aliphatic rings. The maximum absolute atomic E-state index is 11.0. The first-order valence-electron chi connectivity index (χ1n) is 10.4. The first-order valence-corrected chi connectivity index (χ1v) is 11.0. The molecule has 0 rings (SSSR count). The number of unbranched alkanes of at least 4 members (excludes halogenated alkanes) is 14. The summed E-state index contributed by atoms with van der Waals surface area (Å²) < 4.78 is 25.7. The Morgan fingerprint density at radius 3 is 1.18 bits per heavy atom. The lowest BCUT2D eigenvalue weighted by molar-refractivity contribution is 0.370. The lowest BCUT2D eigenvalue weighted by atomic mass is 10.0.